The first-order chi connectivity index (χ1) is 12.4. The second kappa shape index (κ2) is 7.65. The van der Waals surface area contributed by atoms with Gasteiger partial charge in [0.25, 0.3) is 11.8 Å². The number of carbonyl (C=O) groups excluding carboxylic acids is 2. The normalized spacial score (nSPS) is 18.2. The van der Waals surface area contributed by atoms with Crippen LogP contribution in [0.3, 0.4) is 0 Å². The number of sulfone groups is 1. The third-order valence-corrected chi connectivity index (χ3v) is 5.85. The van der Waals surface area contributed by atoms with Crippen molar-refractivity contribution >= 4 is 21.7 Å². The van der Waals surface area contributed by atoms with E-state index in [9.17, 15) is 18.0 Å². The molecule has 26 heavy (non-hydrogen) atoms. The van der Waals surface area contributed by atoms with Crippen molar-refractivity contribution in [2.24, 2.45) is 0 Å². The lowest BCUT2D eigenvalue weighted by atomic mass is 10.2. The molecule has 2 N–H and O–H groups in total. The Morgan fingerprint density at radius 1 is 1.00 bits per heavy atom. The van der Waals surface area contributed by atoms with Gasteiger partial charge in [0, 0.05) is 12.6 Å². The highest BCUT2D eigenvalue weighted by molar-refractivity contribution is 7.91. The second-order valence-corrected chi connectivity index (χ2v) is 8.38. The third-order valence-electron chi connectivity index (χ3n) is 4.08. The zero-order chi connectivity index (χ0) is 18.6. The molecule has 1 aromatic carbocycles. The number of aromatic nitrogens is 1. The molecule has 0 aliphatic carbocycles. The van der Waals surface area contributed by atoms with Crippen molar-refractivity contribution in [2.75, 3.05) is 11.5 Å². The van der Waals surface area contributed by atoms with Gasteiger partial charge in [-0.3, -0.25) is 9.59 Å². The smallest absolute Gasteiger partial charge is 0.270 e. The quantitative estimate of drug-likeness (QED) is 0.811. The number of nitrogens with one attached hydrogen (secondary N) is 2. The highest BCUT2D eigenvalue weighted by atomic mass is 32.2. The largest absolute Gasteiger partial charge is 0.347 e. The van der Waals surface area contributed by atoms with E-state index >= 15 is 0 Å². The van der Waals surface area contributed by atoms with Crippen LogP contribution in [0, 0.1) is 0 Å². The van der Waals surface area contributed by atoms with Crippen molar-refractivity contribution in [3.8, 4) is 0 Å². The monoisotopic (exact) mass is 373 g/mol. The fraction of sp³-hybridized carbons (Fsp3) is 0.278. The number of nitrogens with zero attached hydrogens (tertiary/aromatic N) is 1. The Morgan fingerprint density at radius 3 is 2.35 bits per heavy atom. The summed E-state index contributed by atoms with van der Waals surface area (Å²) in [6.45, 7) is 0.359. The molecule has 1 atom stereocenters. The van der Waals surface area contributed by atoms with Crippen LogP contribution in [0.4, 0.5) is 0 Å². The fourth-order valence-electron chi connectivity index (χ4n) is 2.72. The molecule has 0 radical (unpaired) electrons. The van der Waals surface area contributed by atoms with E-state index in [-0.39, 0.29) is 28.8 Å². The average molecular weight is 373 g/mol. The minimum Gasteiger partial charge on any atom is -0.347 e. The predicted molar refractivity (Wildman–Crippen MR) is 96.4 cm³/mol. The van der Waals surface area contributed by atoms with Crippen LogP contribution in [0.15, 0.2) is 48.5 Å². The number of benzene rings is 1. The summed E-state index contributed by atoms with van der Waals surface area (Å²) in [6.07, 6.45) is 0.394. The van der Waals surface area contributed by atoms with Gasteiger partial charge in [0.05, 0.1) is 11.5 Å². The maximum Gasteiger partial charge on any atom is 0.270 e. The van der Waals surface area contributed by atoms with Gasteiger partial charge in [-0.1, -0.05) is 36.4 Å². The van der Waals surface area contributed by atoms with E-state index in [4.69, 9.17) is 0 Å². The maximum absolute atomic E-state index is 12.3. The Bertz CT molecular complexity index is 913. The molecule has 0 bridgehead atoms. The van der Waals surface area contributed by atoms with Gasteiger partial charge in [-0.2, -0.15) is 0 Å². The van der Waals surface area contributed by atoms with Crippen LogP contribution in [0.2, 0.25) is 0 Å². The lowest BCUT2D eigenvalue weighted by molar-refractivity contribution is 0.0934. The Labute approximate surface area is 151 Å². The molecule has 136 valence electrons. The van der Waals surface area contributed by atoms with Crippen molar-refractivity contribution in [3.05, 3.63) is 65.5 Å². The minimum atomic E-state index is -3.08. The number of pyridine rings is 1. The molecular formula is C18H19N3O4S. The third kappa shape index (κ3) is 4.66. The summed E-state index contributed by atoms with van der Waals surface area (Å²) in [6, 6.07) is 13.6. The molecule has 1 fully saturated rings. The van der Waals surface area contributed by atoms with E-state index in [1.54, 1.807) is 6.07 Å². The summed E-state index contributed by atoms with van der Waals surface area (Å²) in [5, 5.41) is 5.42. The molecule has 1 saturated heterocycles. The minimum absolute atomic E-state index is 0.0595. The van der Waals surface area contributed by atoms with E-state index in [0.717, 1.165) is 5.56 Å². The first-order valence-corrected chi connectivity index (χ1v) is 10.1. The van der Waals surface area contributed by atoms with Crippen LogP contribution in [0.5, 0.6) is 0 Å². The fourth-order valence-corrected chi connectivity index (χ4v) is 4.40. The van der Waals surface area contributed by atoms with Gasteiger partial charge < -0.3 is 10.6 Å². The number of rotatable bonds is 5. The van der Waals surface area contributed by atoms with E-state index in [1.807, 2.05) is 30.3 Å². The molecule has 8 heteroatoms. The van der Waals surface area contributed by atoms with Gasteiger partial charge in [-0.15, -0.1) is 0 Å². The molecule has 1 unspecified atom stereocenters. The predicted octanol–water partition coefficient (Wildman–Crippen LogP) is 0.928. The van der Waals surface area contributed by atoms with Crippen LogP contribution in [-0.4, -0.2) is 42.8 Å². The molecule has 0 spiro atoms. The van der Waals surface area contributed by atoms with Crippen LogP contribution in [-0.2, 0) is 16.4 Å². The zero-order valence-corrected chi connectivity index (χ0v) is 14.8. The molecule has 2 heterocycles. The summed E-state index contributed by atoms with van der Waals surface area (Å²) in [5.74, 6) is -0.847. The summed E-state index contributed by atoms with van der Waals surface area (Å²) < 4.78 is 22.9. The number of hydrogen-bond acceptors (Lipinski definition) is 5. The molecule has 1 aromatic heterocycles. The van der Waals surface area contributed by atoms with Gasteiger partial charge in [0.1, 0.15) is 11.4 Å². The Balaban J connectivity index is 1.62. The van der Waals surface area contributed by atoms with Crippen molar-refractivity contribution in [1.29, 1.82) is 0 Å². The molecular weight excluding hydrogens is 354 g/mol. The molecule has 1 aliphatic heterocycles. The van der Waals surface area contributed by atoms with E-state index in [2.05, 4.69) is 15.6 Å². The highest BCUT2D eigenvalue weighted by Crippen LogP contribution is 2.12. The van der Waals surface area contributed by atoms with Gasteiger partial charge >= 0.3 is 0 Å². The van der Waals surface area contributed by atoms with Crippen LogP contribution in [0.1, 0.15) is 33.0 Å². The van der Waals surface area contributed by atoms with Crippen molar-refractivity contribution in [1.82, 2.24) is 15.6 Å². The van der Waals surface area contributed by atoms with Crippen LogP contribution >= 0.6 is 0 Å². The lowest BCUT2D eigenvalue weighted by Gasteiger charge is -2.11. The van der Waals surface area contributed by atoms with Crippen molar-refractivity contribution < 1.29 is 18.0 Å². The number of carbonyl (C=O) groups is 2. The maximum atomic E-state index is 12.3. The molecule has 0 saturated carbocycles. The average Bonchev–Trinajstić information content (AvgIpc) is 2.99. The van der Waals surface area contributed by atoms with E-state index in [0.29, 0.717) is 13.0 Å². The van der Waals surface area contributed by atoms with Crippen LogP contribution in [0.25, 0.3) is 0 Å². The first-order valence-electron chi connectivity index (χ1n) is 8.23. The van der Waals surface area contributed by atoms with Gasteiger partial charge in [-0.25, -0.2) is 13.4 Å². The molecule has 1 aliphatic rings. The SMILES string of the molecule is O=C(NCc1ccccc1)c1cccc(C(=O)NC2CCS(=O)(=O)C2)n1. The summed E-state index contributed by atoms with van der Waals surface area (Å²) in [7, 11) is -3.08. The Hall–Kier alpha value is -2.74. The summed E-state index contributed by atoms with van der Waals surface area (Å²) in [4.78, 5) is 28.6. The van der Waals surface area contributed by atoms with Gasteiger partial charge in [0.2, 0.25) is 0 Å². The second-order valence-electron chi connectivity index (χ2n) is 6.15. The molecule has 2 amide bonds. The topological polar surface area (TPSA) is 105 Å². The molecule has 2 aromatic rings. The zero-order valence-electron chi connectivity index (χ0n) is 14.0. The Kier molecular flexibility index (Phi) is 5.32. The van der Waals surface area contributed by atoms with Crippen molar-refractivity contribution in [2.45, 2.75) is 19.0 Å². The summed E-state index contributed by atoms with van der Waals surface area (Å²) in [5.41, 5.74) is 1.17. The number of amides is 2. The van der Waals surface area contributed by atoms with Gasteiger partial charge in [0.15, 0.2) is 9.84 Å². The first kappa shape index (κ1) is 18.1. The van der Waals surface area contributed by atoms with Gasteiger partial charge in [-0.05, 0) is 24.1 Å². The number of hydrogen-bond donors (Lipinski definition) is 2. The lowest BCUT2D eigenvalue weighted by Crippen LogP contribution is -2.36. The summed E-state index contributed by atoms with van der Waals surface area (Å²) >= 11 is 0. The van der Waals surface area contributed by atoms with E-state index in [1.165, 1.54) is 12.1 Å². The van der Waals surface area contributed by atoms with Crippen LogP contribution < -0.4 is 10.6 Å². The highest BCUT2D eigenvalue weighted by Gasteiger charge is 2.29. The molecule has 3 rings (SSSR count). The van der Waals surface area contributed by atoms with E-state index < -0.39 is 21.8 Å². The molecule has 7 nitrogen and oxygen atoms in total. The van der Waals surface area contributed by atoms with Crippen molar-refractivity contribution in [3.63, 3.8) is 0 Å². The standard InChI is InChI=1S/C18H19N3O4S/c22-17(19-11-13-5-2-1-3-6-13)15-7-4-8-16(21-15)18(23)20-14-9-10-26(24,25)12-14/h1-8,14H,9-12H2,(H,19,22)(H,20,23). The Morgan fingerprint density at radius 2 is 1.69 bits per heavy atom.